The van der Waals surface area contributed by atoms with Crippen molar-refractivity contribution in [1.82, 2.24) is 0 Å². The van der Waals surface area contributed by atoms with Gasteiger partial charge in [0.2, 0.25) is 0 Å². The minimum Gasteiger partial charge on any atom is -0.365 e. The predicted octanol–water partition coefficient (Wildman–Crippen LogP) is 3.19. The van der Waals surface area contributed by atoms with Gasteiger partial charge in [-0.25, -0.2) is 0 Å². The van der Waals surface area contributed by atoms with E-state index in [1.165, 1.54) is 5.57 Å². The number of epoxide rings is 1. The first-order valence-electron chi connectivity index (χ1n) is 8.10. The van der Waals surface area contributed by atoms with Crippen LogP contribution in [0.2, 0.25) is 0 Å². The van der Waals surface area contributed by atoms with Crippen LogP contribution in [0.4, 0.5) is 0 Å². The molecule has 4 rings (SSSR count). The summed E-state index contributed by atoms with van der Waals surface area (Å²) in [6.07, 6.45) is 6.85. The summed E-state index contributed by atoms with van der Waals surface area (Å²) < 4.78 is 12.3. The standard InChI is InChI=1S/C18H26O3/c1-6-8-18(19)14-16(4)11(10-13-17(14,5)20-13)15(2,3)9-7-12(16)21-18/h6,10,12-14,19H,1,7-9H2,2-5H3/t12-,13-,14?,16+,17-,18?/m0/s1. The molecule has 1 N–H and O–H groups in total. The Balaban J connectivity index is 1.91. The Morgan fingerprint density at radius 1 is 1.33 bits per heavy atom. The molecular formula is C18H26O3. The zero-order valence-electron chi connectivity index (χ0n) is 13.5. The summed E-state index contributed by atoms with van der Waals surface area (Å²) in [5, 5.41) is 11.2. The van der Waals surface area contributed by atoms with E-state index in [1.54, 1.807) is 6.08 Å². The lowest BCUT2D eigenvalue weighted by molar-refractivity contribution is -0.218. The highest BCUT2D eigenvalue weighted by Crippen LogP contribution is 2.71. The summed E-state index contributed by atoms with van der Waals surface area (Å²) in [7, 11) is 0. The lowest BCUT2D eigenvalue weighted by atomic mass is 9.50. The van der Waals surface area contributed by atoms with E-state index in [2.05, 4.69) is 40.3 Å². The van der Waals surface area contributed by atoms with Crippen molar-refractivity contribution in [2.45, 2.75) is 70.6 Å². The van der Waals surface area contributed by atoms with Gasteiger partial charge in [0.15, 0.2) is 5.79 Å². The molecule has 1 saturated carbocycles. The topological polar surface area (TPSA) is 42.0 Å². The number of hydrogen-bond donors (Lipinski definition) is 1. The molecule has 2 saturated heterocycles. The van der Waals surface area contributed by atoms with E-state index in [0.29, 0.717) is 6.42 Å². The average molecular weight is 290 g/mol. The molecule has 2 heterocycles. The molecule has 6 atom stereocenters. The average Bonchev–Trinajstić information content (AvgIpc) is 2.95. The van der Waals surface area contributed by atoms with Crippen LogP contribution in [-0.2, 0) is 9.47 Å². The van der Waals surface area contributed by atoms with Gasteiger partial charge in [0.1, 0.15) is 11.7 Å². The van der Waals surface area contributed by atoms with Gasteiger partial charge < -0.3 is 14.6 Å². The number of ether oxygens (including phenoxy) is 2. The Morgan fingerprint density at radius 2 is 2.05 bits per heavy atom. The van der Waals surface area contributed by atoms with Crippen LogP contribution in [0.5, 0.6) is 0 Å². The molecule has 0 aromatic rings. The fraction of sp³-hybridized carbons (Fsp3) is 0.778. The van der Waals surface area contributed by atoms with Gasteiger partial charge in [-0.3, -0.25) is 0 Å². The Bertz CT molecular complexity index is 551. The molecule has 3 heteroatoms. The van der Waals surface area contributed by atoms with E-state index >= 15 is 0 Å². The van der Waals surface area contributed by atoms with Gasteiger partial charge >= 0.3 is 0 Å². The van der Waals surface area contributed by atoms with Gasteiger partial charge in [-0.15, -0.1) is 6.58 Å². The molecular weight excluding hydrogens is 264 g/mol. The van der Waals surface area contributed by atoms with E-state index in [-0.39, 0.29) is 34.6 Å². The summed E-state index contributed by atoms with van der Waals surface area (Å²) in [5.41, 5.74) is 1.15. The first kappa shape index (κ1) is 14.0. The summed E-state index contributed by atoms with van der Waals surface area (Å²) >= 11 is 0. The quantitative estimate of drug-likeness (QED) is 0.627. The highest BCUT2D eigenvalue weighted by molar-refractivity contribution is 5.41. The molecule has 21 heavy (non-hydrogen) atoms. The lowest BCUT2D eigenvalue weighted by Gasteiger charge is -2.52. The molecule has 0 amide bonds. The number of hydrogen-bond acceptors (Lipinski definition) is 3. The molecule has 0 radical (unpaired) electrons. The molecule has 0 aromatic heterocycles. The second kappa shape index (κ2) is 3.64. The molecule has 3 nitrogen and oxygen atoms in total. The SMILES string of the molecule is C=CCC1(O)O[C@H]2CCC(C)(C)C3=C[C@@H]4O[C@]4(C)C1[C@]32C. The van der Waals surface area contributed by atoms with Gasteiger partial charge in [-0.05, 0) is 25.2 Å². The fourth-order valence-electron chi connectivity index (χ4n) is 5.78. The Labute approximate surface area is 127 Å². The Kier molecular flexibility index (Phi) is 2.42. The van der Waals surface area contributed by atoms with Gasteiger partial charge in [-0.2, -0.15) is 0 Å². The van der Waals surface area contributed by atoms with E-state index in [4.69, 9.17) is 9.47 Å². The maximum Gasteiger partial charge on any atom is 0.175 e. The fourth-order valence-corrected chi connectivity index (χ4v) is 5.78. The predicted molar refractivity (Wildman–Crippen MR) is 80.6 cm³/mol. The van der Waals surface area contributed by atoms with E-state index in [1.807, 2.05) is 0 Å². The van der Waals surface area contributed by atoms with E-state index in [0.717, 1.165) is 12.8 Å². The zero-order valence-corrected chi connectivity index (χ0v) is 13.5. The van der Waals surface area contributed by atoms with E-state index < -0.39 is 5.79 Å². The normalized spacial score (nSPS) is 56.2. The van der Waals surface area contributed by atoms with Crippen molar-refractivity contribution >= 4 is 0 Å². The van der Waals surface area contributed by atoms with Crippen LogP contribution in [0.1, 0.15) is 47.0 Å². The van der Waals surface area contributed by atoms with Crippen molar-refractivity contribution in [1.29, 1.82) is 0 Å². The van der Waals surface area contributed by atoms with Crippen LogP contribution in [0.25, 0.3) is 0 Å². The second-order valence-electron chi connectivity index (χ2n) is 8.39. The molecule has 2 unspecified atom stereocenters. The highest BCUT2D eigenvalue weighted by Gasteiger charge is 2.78. The van der Waals surface area contributed by atoms with Crippen molar-refractivity contribution in [3.8, 4) is 0 Å². The second-order valence-corrected chi connectivity index (χ2v) is 8.39. The maximum atomic E-state index is 11.2. The molecule has 3 fully saturated rings. The van der Waals surface area contributed by atoms with Crippen LogP contribution >= 0.6 is 0 Å². The smallest absolute Gasteiger partial charge is 0.175 e. The maximum absolute atomic E-state index is 11.2. The first-order valence-corrected chi connectivity index (χ1v) is 8.10. The number of aliphatic hydroxyl groups is 1. The van der Waals surface area contributed by atoms with Crippen molar-refractivity contribution in [2.24, 2.45) is 16.7 Å². The highest BCUT2D eigenvalue weighted by atomic mass is 16.7. The van der Waals surface area contributed by atoms with Gasteiger partial charge in [0, 0.05) is 11.8 Å². The molecule has 2 aliphatic heterocycles. The number of rotatable bonds is 2. The minimum absolute atomic E-state index is 0.0231. The van der Waals surface area contributed by atoms with Crippen molar-refractivity contribution < 1.29 is 14.6 Å². The van der Waals surface area contributed by atoms with Crippen LogP contribution in [0, 0.1) is 16.7 Å². The summed E-state index contributed by atoms with van der Waals surface area (Å²) in [6, 6.07) is 0. The monoisotopic (exact) mass is 290 g/mol. The van der Waals surface area contributed by atoms with E-state index in [9.17, 15) is 5.11 Å². The minimum atomic E-state index is -1.15. The summed E-state index contributed by atoms with van der Waals surface area (Å²) in [5.74, 6) is -1.17. The molecule has 0 spiro atoms. The third-order valence-electron chi connectivity index (χ3n) is 6.62. The molecule has 0 bridgehead atoms. The lowest BCUT2D eigenvalue weighted by Crippen LogP contribution is -2.54. The molecule has 0 aromatic carbocycles. The Morgan fingerprint density at radius 3 is 2.71 bits per heavy atom. The van der Waals surface area contributed by atoms with Crippen LogP contribution in [0.15, 0.2) is 24.3 Å². The zero-order chi connectivity index (χ0) is 15.3. The van der Waals surface area contributed by atoms with Crippen LogP contribution in [0.3, 0.4) is 0 Å². The third-order valence-corrected chi connectivity index (χ3v) is 6.62. The Hall–Kier alpha value is -0.640. The van der Waals surface area contributed by atoms with Crippen molar-refractivity contribution in [3.05, 3.63) is 24.3 Å². The largest absolute Gasteiger partial charge is 0.365 e. The van der Waals surface area contributed by atoms with Gasteiger partial charge in [-0.1, -0.05) is 38.5 Å². The summed E-state index contributed by atoms with van der Waals surface area (Å²) in [4.78, 5) is 0. The van der Waals surface area contributed by atoms with Crippen LogP contribution in [-0.4, -0.2) is 28.7 Å². The van der Waals surface area contributed by atoms with Gasteiger partial charge in [0.25, 0.3) is 0 Å². The first-order chi connectivity index (χ1) is 9.68. The van der Waals surface area contributed by atoms with Crippen molar-refractivity contribution in [3.63, 3.8) is 0 Å². The van der Waals surface area contributed by atoms with Gasteiger partial charge in [0.05, 0.1) is 12.0 Å². The molecule has 4 aliphatic rings. The summed E-state index contributed by atoms with van der Waals surface area (Å²) in [6.45, 7) is 12.8. The van der Waals surface area contributed by atoms with Crippen molar-refractivity contribution in [2.75, 3.05) is 0 Å². The molecule has 116 valence electrons. The molecule has 2 aliphatic carbocycles. The van der Waals surface area contributed by atoms with Crippen LogP contribution < -0.4 is 0 Å². The number of fused-ring (bicyclic) bond motifs is 2. The third kappa shape index (κ3) is 1.45.